The average Bonchev–Trinajstić information content (AvgIpc) is 1.98. The third kappa shape index (κ3) is 6.59. The highest BCUT2D eigenvalue weighted by atomic mass is 32.2. The van der Waals surface area contributed by atoms with Crippen LogP contribution in [0, 0.1) is 0 Å². The molecule has 16 heavy (non-hydrogen) atoms. The average molecular weight is 279 g/mol. The Hall–Kier alpha value is 0.0500. The molecule has 0 aromatic heterocycles. The zero-order valence-corrected chi connectivity index (χ0v) is 11.0. The molecule has 0 unspecified atom stereocenters. The van der Waals surface area contributed by atoms with Gasteiger partial charge in [-0.05, 0) is 25.6 Å². The fourth-order valence-electron chi connectivity index (χ4n) is 0.759. The van der Waals surface area contributed by atoms with Gasteiger partial charge in [0.15, 0.2) is 9.84 Å². The van der Waals surface area contributed by atoms with Crippen molar-refractivity contribution in [2.24, 2.45) is 0 Å². The van der Waals surface area contributed by atoms with Crippen LogP contribution in [0.5, 0.6) is 0 Å². The number of sulfone groups is 1. The van der Waals surface area contributed by atoms with Crippen molar-refractivity contribution in [1.29, 1.82) is 0 Å². The van der Waals surface area contributed by atoms with Crippen molar-refractivity contribution < 1.29 is 21.6 Å². The first-order valence-electron chi connectivity index (χ1n) is 4.57. The smallest absolute Gasteiger partial charge is 0.314 e. The first-order valence-corrected chi connectivity index (χ1v) is 7.44. The molecule has 0 fully saturated rings. The van der Waals surface area contributed by atoms with Gasteiger partial charge in [-0.25, -0.2) is 8.42 Å². The van der Waals surface area contributed by atoms with E-state index in [-0.39, 0.29) is 30.6 Å². The Labute approximate surface area is 98.1 Å². The summed E-state index contributed by atoms with van der Waals surface area (Å²) in [4.78, 5) is 0. The van der Waals surface area contributed by atoms with Crippen molar-refractivity contribution in [3.8, 4) is 0 Å². The van der Waals surface area contributed by atoms with Gasteiger partial charge in [-0.1, -0.05) is 0 Å². The van der Waals surface area contributed by atoms with Crippen molar-refractivity contribution in [2.45, 2.75) is 24.1 Å². The molecule has 0 aliphatic heterocycles. The van der Waals surface area contributed by atoms with Gasteiger partial charge in [0.2, 0.25) is 0 Å². The highest BCUT2D eigenvalue weighted by molar-refractivity contribution is 8.00. The van der Waals surface area contributed by atoms with Gasteiger partial charge in [0.05, 0.1) is 4.75 Å². The zero-order chi connectivity index (χ0) is 13.0. The van der Waals surface area contributed by atoms with E-state index in [0.29, 0.717) is 0 Å². The second-order valence-electron chi connectivity index (χ2n) is 4.00. The highest BCUT2D eigenvalue weighted by Gasteiger charge is 2.30. The van der Waals surface area contributed by atoms with Gasteiger partial charge < -0.3 is 5.32 Å². The molecule has 0 aliphatic rings. The molecule has 0 aromatic carbocycles. The van der Waals surface area contributed by atoms with Crippen molar-refractivity contribution in [1.82, 2.24) is 5.32 Å². The molecule has 0 spiro atoms. The van der Waals surface area contributed by atoms with E-state index in [4.69, 9.17) is 0 Å². The largest absolute Gasteiger partial charge is 0.441 e. The van der Waals surface area contributed by atoms with Crippen LogP contribution in [-0.2, 0) is 9.84 Å². The maximum absolute atomic E-state index is 11.7. The molecular weight excluding hydrogens is 263 g/mol. The third-order valence-corrected chi connectivity index (χ3v) is 4.99. The van der Waals surface area contributed by atoms with E-state index in [0.717, 1.165) is 6.26 Å². The summed E-state index contributed by atoms with van der Waals surface area (Å²) in [6.07, 6.45) is 1.11. The van der Waals surface area contributed by atoms with E-state index in [1.165, 1.54) is 13.8 Å². The van der Waals surface area contributed by atoms with Crippen molar-refractivity contribution >= 4 is 21.6 Å². The van der Waals surface area contributed by atoms with E-state index in [2.05, 4.69) is 5.32 Å². The minimum absolute atomic E-state index is 0.120. The lowest BCUT2D eigenvalue weighted by Gasteiger charge is -2.22. The molecule has 0 rings (SSSR count). The van der Waals surface area contributed by atoms with Crippen LogP contribution in [0.15, 0.2) is 0 Å². The molecule has 1 N–H and O–H groups in total. The number of rotatable bonds is 6. The highest BCUT2D eigenvalue weighted by Crippen LogP contribution is 2.29. The van der Waals surface area contributed by atoms with Gasteiger partial charge in [-0.2, -0.15) is 13.2 Å². The standard InChI is InChI=1S/C8H16F3NO2S2/c1-7(2,16(3,13)14)6-12-4-5-15-8(9,10)11/h12H,4-6H2,1-3H3. The Kier molecular flexibility index (Phi) is 5.61. The molecule has 0 saturated heterocycles. The summed E-state index contributed by atoms with van der Waals surface area (Å²) in [5.74, 6) is -0.122. The van der Waals surface area contributed by atoms with Crippen molar-refractivity contribution in [3.63, 3.8) is 0 Å². The van der Waals surface area contributed by atoms with Crippen LogP contribution in [-0.4, -0.2) is 43.8 Å². The lowest BCUT2D eigenvalue weighted by atomic mass is 10.2. The second-order valence-corrected chi connectivity index (χ2v) is 7.81. The molecule has 0 heterocycles. The van der Waals surface area contributed by atoms with Gasteiger partial charge in [0, 0.05) is 25.1 Å². The predicted molar refractivity (Wildman–Crippen MR) is 60.3 cm³/mol. The Morgan fingerprint density at radius 2 is 1.75 bits per heavy atom. The Morgan fingerprint density at radius 3 is 2.12 bits per heavy atom. The third-order valence-electron chi connectivity index (χ3n) is 2.10. The summed E-state index contributed by atoms with van der Waals surface area (Å²) < 4.78 is 56.8. The molecule has 8 heteroatoms. The summed E-state index contributed by atoms with van der Waals surface area (Å²) in [6.45, 7) is 3.34. The topological polar surface area (TPSA) is 46.2 Å². The number of halogens is 3. The molecule has 0 bridgehead atoms. The summed E-state index contributed by atoms with van der Waals surface area (Å²) in [7, 11) is -3.21. The van der Waals surface area contributed by atoms with Crippen LogP contribution in [0.2, 0.25) is 0 Å². The number of hydrogen-bond donors (Lipinski definition) is 1. The molecular formula is C8H16F3NO2S2. The molecule has 98 valence electrons. The van der Waals surface area contributed by atoms with Gasteiger partial charge in [0.25, 0.3) is 0 Å². The van der Waals surface area contributed by atoms with Crippen molar-refractivity contribution in [3.05, 3.63) is 0 Å². The SMILES string of the molecule is CC(C)(CNCCSC(F)(F)F)S(C)(=O)=O. The molecule has 0 atom stereocenters. The molecule has 0 amide bonds. The van der Waals surface area contributed by atoms with Crippen LogP contribution in [0.1, 0.15) is 13.8 Å². The fourth-order valence-corrected chi connectivity index (χ4v) is 1.60. The summed E-state index contributed by atoms with van der Waals surface area (Å²) >= 11 is -0.120. The quantitative estimate of drug-likeness (QED) is 0.751. The van der Waals surface area contributed by atoms with E-state index < -0.39 is 20.1 Å². The fraction of sp³-hybridized carbons (Fsp3) is 1.00. The normalized spacial score (nSPS) is 14.1. The van der Waals surface area contributed by atoms with Crippen LogP contribution >= 0.6 is 11.8 Å². The van der Waals surface area contributed by atoms with Gasteiger partial charge in [-0.3, -0.25) is 0 Å². The van der Waals surface area contributed by atoms with Crippen molar-refractivity contribution in [2.75, 3.05) is 25.1 Å². The van der Waals surface area contributed by atoms with Crippen LogP contribution in [0.25, 0.3) is 0 Å². The first kappa shape index (κ1) is 16.1. The molecule has 0 radical (unpaired) electrons. The van der Waals surface area contributed by atoms with E-state index in [1.54, 1.807) is 0 Å². The number of thioether (sulfide) groups is 1. The van der Waals surface area contributed by atoms with E-state index in [1.807, 2.05) is 0 Å². The molecule has 3 nitrogen and oxygen atoms in total. The maximum Gasteiger partial charge on any atom is 0.441 e. The monoisotopic (exact) mass is 279 g/mol. The number of alkyl halides is 3. The summed E-state index contributed by atoms with van der Waals surface area (Å²) in [5, 5.41) is 2.70. The van der Waals surface area contributed by atoms with E-state index >= 15 is 0 Å². The first-order chi connectivity index (χ1) is 6.96. The number of nitrogens with one attached hydrogen (secondary N) is 1. The molecule has 0 aliphatic carbocycles. The van der Waals surface area contributed by atoms with Crippen LogP contribution in [0.4, 0.5) is 13.2 Å². The summed E-state index contributed by atoms with van der Waals surface area (Å²) in [5.41, 5.74) is -4.23. The Morgan fingerprint density at radius 1 is 1.25 bits per heavy atom. The van der Waals surface area contributed by atoms with Gasteiger partial charge in [0.1, 0.15) is 0 Å². The molecule has 0 aromatic rings. The molecule has 0 saturated carbocycles. The summed E-state index contributed by atoms with van der Waals surface area (Å²) in [6, 6.07) is 0. The van der Waals surface area contributed by atoms with E-state index in [9.17, 15) is 21.6 Å². The Balaban J connectivity index is 3.84. The maximum atomic E-state index is 11.7. The lowest BCUT2D eigenvalue weighted by molar-refractivity contribution is -0.0327. The van der Waals surface area contributed by atoms with Crippen LogP contribution in [0.3, 0.4) is 0 Å². The number of hydrogen-bond acceptors (Lipinski definition) is 4. The minimum atomic E-state index is -4.23. The second kappa shape index (κ2) is 5.59. The van der Waals surface area contributed by atoms with Gasteiger partial charge >= 0.3 is 5.51 Å². The lowest BCUT2D eigenvalue weighted by Crippen LogP contribution is -2.42. The van der Waals surface area contributed by atoms with Gasteiger partial charge in [-0.15, -0.1) is 0 Å². The predicted octanol–water partition coefficient (Wildman–Crippen LogP) is 1.65. The minimum Gasteiger partial charge on any atom is -0.314 e. The van der Waals surface area contributed by atoms with Crippen LogP contribution < -0.4 is 5.32 Å². The zero-order valence-electron chi connectivity index (χ0n) is 9.39. The Bertz CT molecular complexity index is 312.